The van der Waals surface area contributed by atoms with Crippen LogP contribution in [0.1, 0.15) is 17.8 Å². The van der Waals surface area contributed by atoms with E-state index in [-0.39, 0.29) is 0 Å². The molecule has 0 fully saturated rings. The minimum atomic E-state index is 0.336. The Morgan fingerprint density at radius 1 is 1.50 bits per heavy atom. The van der Waals surface area contributed by atoms with E-state index in [1.54, 1.807) is 17.7 Å². The van der Waals surface area contributed by atoms with E-state index in [0.717, 1.165) is 9.39 Å². The summed E-state index contributed by atoms with van der Waals surface area (Å²) in [5, 5.41) is 2.10. The van der Waals surface area contributed by atoms with Gasteiger partial charge in [0.2, 0.25) is 0 Å². The summed E-state index contributed by atoms with van der Waals surface area (Å²) in [6.07, 6.45) is 3.43. The lowest BCUT2D eigenvalue weighted by atomic mass is 10.2. The van der Waals surface area contributed by atoms with Gasteiger partial charge in [0.05, 0.1) is 9.61 Å². The van der Waals surface area contributed by atoms with Gasteiger partial charge in [0.15, 0.2) is 0 Å². The molecule has 5 heteroatoms. The van der Waals surface area contributed by atoms with Crippen LogP contribution in [0.5, 0.6) is 0 Å². The molecule has 0 aliphatic heterocycles. The minimum absolute atomic E-state index is 0.336. The Hall–Kier alpha value is -0.690. The Labute approximate surface area is 113 Å². The summed E-state index contributed by atoms with van der Waals surface area (Å²) in [6, 6.07) is 4.57. The Morgan fingerprint density at radius 3 is 2.94 bits per heavy atom. The molecule has 0 aromatic carbocycles. The lowest BCUT2D eigenvalue weighted by Crippen LogP contribution is -2.22. The highest BCUT2D eigenvalue weighted by Crippen LogP contribution is 2.28. The van der Waals surface area contributed by atoms with Crippen molar-refractivity contribution in [1.82, 2.24) is 9.97 Å². The van der Waals surface area contributed by atoms with E-state index >= 15 is 0 Å². The number of nitrogens with zero attached hydrogens (tertiary/aromatic N) is 3. The predicted molar refractivity (Wildman–Crippen MR) is 75.9 cm³/mol. The summed E-state index contributed by atoms with van der Waals surface area (Å²) in [5.74, 6) is 0.983. The first-order valence-corrected chi connectivity index (χ1v) is 6.87. The predicted octanol–water partition coefficient (Wildman–Crippen LogP) is 3.34. The van der Waals surface area contributed by atoms with Crippen LogP contribution in [-0.2, 0) is 0 Å². The molecule has 0 bridgehead atoms. The molecule has 0 amide bonds. The average Bonchev–Trinajstić information content (AvgIpc) is 2.81. The van der Waals surface area contributed by atoms with Gasteiger partial charge in [0, 0.05) is 18.1 Å². The van der Waals surface area contributed by atoms with Crippen LogP contribution in [0.4, 0.5) is 5.82 Å². The van der Waals surface area contributed by atoms with Crippen LogP contribution < -0.4 is 4.90 Å². The van der Waals surface area contributed by atoms with E-state index in [2.05, 4.69) is 68.9 Å². The average molecular weight is 345 g/mol. The molecule has 2 heterocycles. The van der Waals surface area contributed by atoms with E-state index in [1.165, 1.54) is 4.88 Å². The Morgan fingerprint density at radius 2 is 2.31 bits per heavy atom. The molecule has 0 saturated heterocycles. The van der Waals surface area contributed by atoms with Gasteiger partial charge < -0.3 is 4.90 Å². The topological polar surface area (TPSA) is 29.0 Å². The summed E-state index contributed by atoms with van der Waals surface area (Å²) in [4.78, 5) is 11.8. The number of rotatable bonds is 3. The van der Waals surface area contributed by atoms with E-state index < -0.39 is 0 Å². The zero-order chi connectivity index (χ0) is 11.5. The second-order valence-electron chi connectivity index (χ2n) is 3.50. The highest BCUT2D eigenvalue weighted by atomic mass is 127. The lowest BCUT2D eigenvalue weighted by molar-refractivity contribution is 0.737. The van der Waals surface area contributed by atoms with Crippen LogP contribution in [0, 0.1) is 3.57 Å². The maximum absolute atomic E-state index is 4.32. The number of halogens is 1. The number of hydrogen-bond acceptors (Lipinski definition) is 4. The first kappa shape index (κ1) is 11.8. The minimum Gasteiger partial charge on any atom is -0.351 e. The van der Waals surface area contributed by atoms with Crippen molar-refractivity contribution in [3.8, 4) is 0 Å². The van der Waals surface area contributed by atoms with E-state index in [9.17, 15) is 0 Å². The third kappa shape index (κ3) is 2.35. The van der Waals surface area contributed by atoms with Gasteiger partial charge >= 0.3 is 0 Å². The van der Waals surface area contributed by atoms with E-state index in [1.807, 2.05) is 6.20 Å². The van der Waals surface area contributed by atoms with Crippen molar-refractivity contribution in [2.24, 2.45) is 0 Å². The molecule has 0 spiro atoms. The molecule has 0 aliphatic rings. The zero-order valence-corrected chi connectivity index (χ0v) is 12.1. The molecule has 2 aromatic heterocycles. The van der Waals surface area contributed by atoms with Gasteiger partial charge in [-0.25, -0.2) is 9.97 Å². The molecule has 1 unspecified atom stereocenters. The van der Waals surface area contributed by atoms with Crippen LogP contribution in [-0.4, -0.2) is 17.0 Å². The van der Waals surface area contributed by atoms with Crippen molar-refractivity contribution >= 4 is 39.7 Å². The Bertz CT molecular complexity index is 458. The van der Waals surface area contributed by atoms with Gasteiger partial charge in [-0.05, 0) is 41.0 Å². The largest absolute Gasteiger partial charge is 0.351 e. The van der Waals surface area contributed by atoms with E-state index in [4.69, 9.17) is 0 Å². The molecule has 2 rings (SSSR count). The molecule has 0 radical (unpaired) electrons. The second-order valence-corrected chi connectivity index (χ2v) is 5.64. The van der Waals surface area contributed by atoms with E-state index in [0.29, 0.717) is 6.04 Å². The molecular formula is C11H12IN3S. The van der Waals surface area contributed by atoms with Gasteiger partial charge in [-0.2, -0.15) is 0 Å². The van der Waals surface area contributed by atoms with Crippen molar-refractivity contribution < 1.29 is 0 Å². The number of anilines is 1. The normalized spacial score (nSPS) is 12.4. The third-order valence-electron chi connectivity index (χ3n) is 2.52. The second kappa shape index (κ2) is 5.09. The quantitative estimate of drug-likeness (QED) is 0.799. The number of thiophene rings is 1. The molecule has 1 atom stereocenters. The standard InChI is InChI=1S/C11H12IN3S/c1-8(10-4-3-5-16-10)15(2)11-9(12)6-13-7-14-11/h3-8H,1-2H3. The molecule has 0 saturated carbocycles. The fraction of sp³-hybridized carbons (Fsp3) is 0.273. The highest BCUT2D eigenvalue weighted by Gasteiger charge is 2.16. The highest BCUT2D eigenvalue weighted by molar-refractivity contribution is 14.1. The third-order valence-corrected chi connectivity index (χ3v) is 4.32. The van der Waals surface area contributed by atoms with Crippen LogP contribution in [0.15, 0.2) is 30.0 Å². The van der Waals surface area contributed by atoms with Crippen molar-refractivity contribution in [1.29, 1.82) is 0 Å². The summed E-state index contributed by atoms with van der Waals surface area (Å²) in [5.41, 5.74) is 0. The molecule has 84 valence electrons. The zero-order valence-electron chi connectivity index (χ0n) is 9.09. The Balaban J connectivity index is 2.26. The summed E-state index contributed by atoms with van der Waals surface area (Å²) < 4.78 is 1.08. The van der Waals surface area contributed by atoms with Crippen LogP contribution in [0.25, 0.3) is 0 Å². The number of hydrogen-bond donors (Lipinski definition) is 0. The molecule has 0 aliphatic carbocycles. The smallest absolute Gasteiger partial charge is 0.145 e. The summed E-state index contributed by atoms with van der Waals surface area (Å²) >= 11 is 4.04. The van der Waals surface area contributed by atoms with Gasteiger partial charge in [-0.3, -0.25) is 0 Å². The van der Waals surface area contributed by atoms with Crippen LogP contribution in [0.3, 0.4) is 0 Å². The van der Waals surface area contributed by atoms with Crippen molar-refractivity contribution in [2.45, 2.75) is 13.0 Å². The van der Waals surface area contributed by atoms with Gasteiger partial charge in [0.25, 0.3) is 0 Å². The summed E-state index contributed by atoms with van der Waals surface area (Å²) in [7, 11) is 2.06. The van der Waals surface area contributed by atoms with Gasteiger partial charge in [-0.1, -0.05) is 6.07 Å². The van der Waals surface area contributed by atoms with Crippen molar-refractivity contribution in [2.75, 3.05) is 11.9 Å². The maximum Gasteiger partial charge on any atom is 0.145 e. The van der Waals surface area contributed by atoms with Crippen LogP contribution >= 0.6 is 33.9 Å². The molecule has 2 aromatic rings. The summed E-state index contributed by atoms with van der Waals surface area (Å²) in [6.45, 7) is 2.18. The maximum atomic E-state index is 4.32. The fourth-order valence-corrected chi connectivity index (χ4v) is 2.98. The van der Waals surface area contributed by atoms with Gasteiger partial charge in [-0.15, -0.1) is 11.3 Å². The monoisotopic (exact) mass is 345 g/mol. The van der Waals surface area contributed by atoms with Crippen LogP contribution in [0.2, 0.25) is 0 Å². The fourth-order valence-electron chi connectivity index (χ4n) is 1.47. The van der Waals surface area contributed by atoms with Gasteiger partial charge in [0.1, 0.15) is 12.1 Å². The lowest BCUT2D eigenvalue weighted by Gasteiger charge is -2.25. The SMILES string of the molecule is CC(c1cccs1)N(C)c1ncncc1I. The molecule has 3 nitrogen and oxygen atoms in total. The Kier molecular flexibility index (Phi) is 3.75. The molecule has 16 heavy (non-hydrogen) atoms. The number of aromatic nitrogens is 2. The molecular weight excluding hydrogens is 333 g/mol. The first-order valence-electron chi connectivity index (χ1n) is 4.92. The van der Waals surface area contributed by atoms with Crippen molar-refractivity contribution in [3.63, 3.8) is 0 Å². The molecule has 0 N–H and O–H groups in total. The first-order chi connectivity index (χ1) is 7.70. The van der Waals surface area contributed by atoms with Crippen molar-refractivity contribution in [3.05, 3.63) is 38.5 Å².